The second kappa shape index (κ2) is 7.68. The number of aromatic nitrogens is 1. The fourth-order valence-corrected chi connectivity index (χ4v) is 3.83. The maximum absolute atomic E-state index is 13.0. The van der Waals surface area contributed by atoms with Crippen LogP contribution in [-0.4, -0.2) is 63.9 Å². The zero-order valence-electron chi connectivity index (χ0n) is 16.8. The van der Waals surface area contributed by atoms with Crippen molar-refractivity contribution in [2.75, 3.05) is 27.2 Å². The molecule has 1 amide bonds. The standard InChI is InChI=1S/C23H23N3O4/c1-25(2)11-12-26-20(14-7-9-15(27)10-8-14)19(22(29)23(26)30)21(28)17-13-24-18-6-4-3-5-16(17)18/h3-10,13,20,24,27-28H,11-12H2,1-2H3/b21-19-. The molecule has 2 heterocycles. The summed E-state index contributed by atoms with van der Waals surface area (Å²) in [5, 5.41) is 21.6. The lowest BCUT2D eigenvalue weighted by molar-refractivity contribution is -0.140. The lowest BCUT2D eigenvalue weighted by Crippen LogP contribution is -2.35. The number of benzene rings is 2. The van der Waals surface area contributed by atoms with Gasteiger partial charge in [-0.05, 0) is 37.9 Å². The highest BCUT2D eigenvalue weighted by Gasteiger charge is 2.46. The Morgan fingerprint density at radius 1 is 1.10 bits per heavy atom. The summed E-state index contributed by atoms with van der Waals surface area (Å²) in [6, 6.07) is 13.0. The van der Waals surface area contributed by atoms with Gasteiger partial charge in [-0.3, -0.25) is 9.59 Å². The number of nitrogens with one attached hydrogen (secondary N) is 1. The van der Waals surface area contributed by atoms with E-state index in [1.54, 1.807) is 18.3 Å². The smallest absolute Gasteiger partial charge is 0.295 e. The van der Waals surface area contributed by atoms with E-state index in [1.807, 2.05) is 43.3 Å². The predicted molar refractivity (Wildman–Crippen MR) is 114 cm³/mol. The van der Waals surface area contributed by atoms with Crippen molar-refractivity contribution in [3.63, 3.8) is 0 Å². The second-order valence-electron chi connectivity index (χ2n) is 7.64. The summed E-state index contributed by atoms with van der Waals surface area (Å²) in [7, 11) is 3.77. The van der Waals surface area contributed by atoms with Crippen molar-refractivity contribution < 1.29 is 19.8 Å². The van der Waals surface area contributed by atoms with E-state index in [9.17, 15) is 19.8 Å². The van der Waals surface area contributed by atoms with Crippen LogP contribution < -0.4 is 0 Å². The van der Waals surface area contributed by atoms with Gasteiger partial charge in [0.05, 0.1) is 11.6 Å². The van der Waals surface area contributed by atoms with Crippen LogP contribution in [0.5, 0.6) is 5.75 Å². The van der Waals surface area contributed by atoms with Gasteiger partial charge < -0.3 is 25.0 Å². The van der Waals surface area contributed by atoms with Crippen molar-refractivity contribution >= 4 is 28.4 Å². The molecule has 3 N–H and O–H groups in total. The Morgan fingerprint density at radius 3 is 2.50 bits per heavy atom. The predicted octanol–water partition coefficient (Wildman–Crippen LogP) is 2.86. The molecule has 0 aliphatic carbocycles. The minimum Gasteiger partial charge on any atom is -0.508 e. The Labute approximate surface area is 173 Å². The number of nitrogens with zero attached hydrogens (tertiary/aromatic N) is 2. The van der Waals surface area contributed by atoms with E-state index in [1.165, 1.54) is 17.0 Å². The number of carbonyl (C=O) groups excluding carboxylic acids is 2. The molecule has 1 unspecified atom stereocenters. The number of aliphatic hydroxyl groups excluding tert-OH is 1. The monoisotopic (exact) mass is 405 g/mol. The number of para-hydroxylation sites is 1. The number of amides is 1. The van der Waals surface area contributed by atoms with E-state index in [-0.39, 0.29) is 17.1 Å². The van der Waals surface area contributed by atoms with Crippen LogP contribution in [0, 0.1) is 0 Å². The second-order valence-corrected chi connectivity index (χ2v) is 7.64. The van der Waals surface area contributed by atoms with E-state index in [4.69, 9.17) is 0 Å². The summed E-state index contributed by atoms with van der Waals surface area (Å²) in [6.07, 6.45) is 1.64. The molecule has 1 saturated heterocycles. The third-order valence-corrected chi connectivity index (χ3v) is 5.38. The Kier molecular flexibility index (Phi) is 5.05. The Balaban J connectivity index is 1.88. The largest absolute Gasteiger partial charge is 0.508 e. The first-order valence-electron chi connectivity index (χ1n) is 9.67. The molecule has 4 rings (SSSR count). The number of carbonyl (C=O) groups is 2. The summed E-state index contributed by atoms with van der Waals surface area (Å²) >= 11 is 0. The molecule has 0 radical (unpaired) electrons. The van der Waals surface area contributed by atoms with Gasteiger partial charge in [0.15, 0.2) is 0 Å². The highest BCUT2D eigenvalue weighted by molar-refractivity contribution is 6.46. The van der Waals surface area contributed by atoms with Crippen molar-refractivity contribution in [2.45, 2.75) is 6.04 Å². The number of phenolic OH excluding ortho intramolecular Hbond substituents is 1. The van der Waals surface area contributed by atoms with Gasteiger partial charge in [-0.25, -0.2) is 0 Å². The summed E-state index contributed by atoms with van der Waals surface area (Å²) in [6.45, 7) is 0.891. The van der Waals surface area contributed by atoms with E-state index in [2.05, 4.69) is 4.98 Å². The van der Waals surface area contributed by atoms with Crippen LogP contribution in [0.4, 0.5) is 0 Å². The van der Waals surface area contributed by atoms with Gasteiger partial charge in [-0.1, -0.05) is 30.3 Å². The number of ketones is 1. The molecule has 1 aliphatic heterocycles. The number of fused-ring (bicyclic) bond motifs is 1. The number of H-pyrrole nitrogens is 1. The molecule has 7 nitrogen and oxygen atoms in total. The maximum Gasteiger partial charge on any atom is 0.295 e. The Hall–Kier alpha value is -3.58. The molecule has 1 atom stereocenters. The summed E-state index contributed by atoms with van der Waals surface area (Å²) in [5.74, 6) is -1.48. The number of rotatable bonds is 5. The number of hydrogen-bond donors (Lipinski definition) is 3. The summed E-state index contributed by atoms with van der Waals surface area (Å²) < 4.78 is 0. The maximum atomic E-state index is 13.0. The van der Waals surface area contributed by atoms with Crippen LogP contribution in [0.3, 0.4) is 0 Å². The molecular formula is C23H23N3O4. The van der Waals surface area contributed by atoms with Gasteiger partial charge in [0.25, 0.3) is 11.7 Å². The van der Waals surface area contributed by atoms with Gasteiger partial charge in [-0.2, -0.15) is 0 Å². The minimum atomic E-state index is -0.737. The fraction of sp³-hybridized carbons (Fsp3) is 0.217. The van der Waals surface area contributed by atoms with Gasteiger partial charge >= 0.3 is 0 Å². The number of Topliss-reactive ketones (excluding diaryl/α,β-unsaturated/α-hetero) is 1. The lowest BCUT2D eigenvalue weighted by atomic mass is 9.95. The molecule has 3 aromatic rings. The van der Waals surface area contributed by atoms with Gasteiger partial charge in [0.1, 0.15) is 11.5 Å². The van der Waals surface area contributed by atoms with Crippen molar-refractivity contribution in [1.29, 1.82) is 0 Å². The molecular weight excluding hydrogens is 382 g/mol. The highest BCUT2D eigenvalue weighted by Crippen LogP contribution is 2.40. The molecule has 1 aromatic heterocycles. The number of aromatic amines is 1. The van der Waals surface area contributed by atoms with Crippen LogP contribution in [-0.2, 0) is 9.59 Å². The molecule has 7 heteroatoms. The third-order valence-electron chi connectivity index (χ3n) is 5.38. The minimum absolute atomic E-state index is 0.0502. The molecule has 1 aliphatic rings. The SMILES string of the molecule is CN(C)CCN1C(=O)C(=O)/C(=C(\O)c2c[nH]c3ccccc23)C1c1ccc(O)cc1. The molecule has 1 fully saturated rings. The van der Waals surface area contributed by atoms with Gasteiger partial charge in [0.2, 0.25) is 0 Å². The third kappa shape index (κ3) is 3.33. The summed E-state index contributed by atoms with van der Waals surface area (Å²) in [5.41, 5.74) is 1.99. The molecule has 30 heavy (non-hydrogen) atoms. The molecule has 0 spiro atoms. The summed E-state index contributed by atoms with van der Waals surface area (Å²) in [4.78, 5) is 32.4. The van der Waals surface area contributed by atoms with Crippen molar-refractivity contribution in [1.82, 2.24) is 14.8 Å². The van der Waals surface area contributed by atoms with Gasteiger partial charge in [-0.15, -0.1) is 0 Å². The van der Waals surface area contributed by atoms with E-state index in [0.717, 1.165) is 10.9 Å². The van der Waals surface area contributed by atoms with Crippen LogP contribution >= 0.6 is 0 Å². The van der Waals surface area contributed by atoms with E-state index < -0.39 is 17.7 Å². The van der Waals surface area contributed by atoms with Crippen LogP contribution in [0.15, 0.2) is 60.3 Å². The highest BCUT2D eigenvalue weighted by atomic mass is 16.3. The zero-order valence-corrected chi connectivity index (χ0v) is 16.8. The van der Waals surface area contributed by atoms with Crippen LogP contribution in [0.2, 0.25) is 0 Å². The molecule has 2 aromatic carbocycles. The van der Waals surface area contributed by atoms with Crippen molar-refractivity contribution in [3.8, 4) is 5.75 Å². The topological polar surface area (TPSA) is 96.9 Å². The number of likely N-dealkylation sites (N-methyl/N-ethyl adjacent to an activating group) is 1. The van der Waals surface area contributed by atoms with E-state index >= 15 is 0 Å². The number of likely N-dealkylation sites (tertiary alicyclic amines) is 1. The Morgan fingerprint density at radius 2 is 1.80 bits per heavy atom. The number of hydrogen-bond acceptors (Lipinski definition) is 5. The number of phenols is 1. The molecule has 0 bridgehead atoms. The fourth-order valence-electron chi connectivity index (χ4n) is 3.83. The zero-order chi connectivity index (χ0) is 21.4. The first-order valence-corrected chi connectivity index (χ1v) is 9.67. The quantitative estimate of drug-likeness (QED) is 0.345. The molecule has 0 saturated carbocycles. The van der Waals surface area contributed by atoms with Crippen molar-refractivity contribution in [2.24, 2.45) is 0 Å². The normalized spacial score (nSPS) is 18.6. The van der Waals surface area contributed by atoms with E-state index in [0.29, 0.717) is 24.2 Å². The van der Waals surface area contributed by atoms with Gasteiger partial charge in [0, 0.05) is 35.8 Å². The first kappa shape index (κ1) is 19.7. The Bertz CT molecular complexity index is 1140. The van der Waals surface area contributed by atoms with Crippen LogP contribution in [0.1, 0.15) is 17.2 Å². The first-order chi connectivity index (χ1) is 14.4. The van der Waals surface area contributed by atoms with Crippen molar-refractivity contribution in [3.05, 3.63) is 71.4 Å². The number of aromatic hydroxyl groups is 1. The average molecular weight is 405 g/mol. The number of aliphatic hydroxyl groups is 1. The lowest BCUT2D eigenvalue weighted by Gasteiger charge is -2.26. The molecule has 154 valence electrons. The average Bonchev–Trinajstić information content (AvgIpc) is 3.26. The van der Waals surface area contributed by atoms with Crippen LogP contribution in [0.25, 0.3) is 16.7 Å².